The Morgan fingerprint density at radius 3 is 2.54 bits per heavy atom. The quantitative estimate of drug-likeness (QED) is 0.779. The summed E-state index contributed by atoms with van der Waals surface area (Å²) >= 11 is 1.02. The lowest BCUT2D eigenvalue weighted by Gasteiger charge is -2.19. The van der Waals surface area contributed by atoms with E-state index < -0.39 is 29.1 Å². The first-order chi connectivity index (χ1) is 13.2. The van der Waals surface area contributed by atoms with Crippen LogP contribution >= 0.6 is 11.3 Å². The van der Waals surface area contributed by atoms with Gasteiger partial charge in [-0.15, -0.1) is 10.2 Å². The Bertz CT molecular complexity index is 971. The molecule has 3 amide bonds. The summed E-state index contributed by atoms with van der Waals surface area (Å²) in [4.78, 5) is 27.6. The highest BCUT2D eigenvalue weighted by Crippen LogP contribution is 2.48. The number of amides is 3. The average Bonchev–Trinajstić information content (AvgIpc) is 3.24. The fraction of sp³-hybridized carbons (Fsp3) is 0.412. The van der Waals surface area contributed by atoms with Gasteiger partial charge in [-0.3, -0.25) is 9.69 Å². The second-order valence-corrected chi connectivity index (χ2v) is 7.78. The molecule has 2 aliphatic rings. The van der Waals surface area contributed by atoms with Crippen molar-refractivity contribution in [2.45, 2.75) is 38.0 Å². The smallest absolute Gasteiger partial charge is 0.416 e. The number of alkyl halides is 3. The molecule has 0 unspecified atom stereocenters. The number of imide groups is 1. The maximum atomic E-state index is 13.0. The summed E-state index contributed by atoms with van der Waals surface area (Å²) in [6.07, 6.45) is -3.44. The maximum absolute atomic E-state index is 13.0. The minimum Gasteiger partial charge on any atom is -0.508 e. The first-order valence-electron chi connectivity index (χ1n) is 8.53. The van der Waals surface area contributed by atoms with Gasteiger partial charge in [0.05, 0.1) is 12.1 Å². The van der Waals surface area contributed by atoms with Crippen LogP contribution in [-0.2, 0) is 17.5 Å². The van der Waals surface area contributed by atoms with Gasteiger partial charge in [-0.2, -0.15) is 13.2 Å². The van der Waals surface area contributed by atoms with E-state index in [1.807, 2.05) is 0 Å². The van der Waals surface area contributed by atoms with Gasteiger partial charge in [-0.25, -0.2) is 4.79 Å². The number of urea groups is 1. The molecule has 1 N–H and O–H groups in total. The van der Waals surface area contributed by atoms with Crippen molar-refractivity contribution in [2.75, 3.05) is 6.54 Å². The van der Waals surface area contributed by atoms with Crippen LogP contribution in [0.25, 0.3) is 10.6 Å². The fourth-order valence-corrected chi connectivity index (χ4v) is 4.17. The zero-order chi connectivity index (χ0) is 20.3. The molecule has 28 heavy (non-hydrogen) atoms. The number of aromatic hydroxyl groups is 1. The van der Waals surface area contributed by atoms with E-state index >= 15 is 0 Å². The third kappa shape index (κ3) is 2.89. The van der Waals surface area contributed by atoms with Gasteiger partial charge in [0.15, 0.2) is 0 Å². The van der Waals surface area contributed by atoms with Crippen LogP contribution < -0.4 is 0 Å². The molecule has 2 fully saturated rings. The van der Waals surface area contributed by atoms with Gasteiger partial charge in [-0.05, 0) is 38.0 Å². The number of carbonyl (C=O) groups is 2. The summed E-state index contributed by atoms with van der Waals surface area (Å²) < 4.78 is 38.9. The molecule has 1 aliphatic carbocycles. The fourth-order valence-electron chi connectivity index (χ4n) is 3.35. The Hall–Kier alpha value is -2.69. The molecule has 1 saturated heterocycles. The zero-order valence-corrected chi connectivity index (χ0v) is 15.5. The predicted octanol–water partition coefficient (Wildman–Crippen LogP) is 3.25. The summed E-state index contributed by atoms with van der Waals surface area (Å²) in [5.41, 5.74) is -1.72. The molecular weight excluding hydrogens is 397 g/mol. The lowest BCUT2D eigenvalue weighted by atomic mass is 10.1. The van der Waals surface area contributed by atoms with Gasteiger partial charge in [0.1, 0.15) is 21.3 Å². The van der Waals surface area contributed by atoms with Gasteiger partial charge in [-0.1, -0.05) is 11.3 Å². The Balaban J connectivity index is 1.60. The Kier molecular flexibility index (Phi) is 4.11. The molecule has 2 aromatic rings. The van der Waals surface area contributed by atoms with E-state index in [-0.39, 0.29) is 29.6 Å². The lowest BCUT2D eigenvalue weighted by molar-refractivity contribution is -0.137. The van der Waals surface area contributed by atoms with Crippen molar-refractivity contribution < 1.29 is 27.9 Å². The minimum atomic E-state index is -4.61. The summed E-state index contributed by atoms with van der Waals surface area (Å²) in [7, 11) is 0. The second-order valence-electron chi connectivity index (χ2n) is 6.72. The van der Waals surface area contributed by atoms with Crippen LogP contribution in [0.15, 0.2) is 18.2 Å². The van der Waals surface area contributed by atoms with Gasteiger partial charge in [0.25, 0.3) is 5.91 Å². The normalized spacial score (nSPS) is 18.4. The number of halogens is 3. The van der Waals surface area contributed by atoms with E-state index in [2.05, 4.69) is 10.2 Å². The lowest BCUT2D eigenvalue weighted by Crippen LogP contribution is -2.36. The Morgan fingerprint density at radius 2 is 1.93 bits per heavy atom. The molecule has 148 valence electrons. The molecule has 2 heterocycles. The van der Waals surface area contributed by atoms with E-state index in [1.165, 1.54) is 15.9 Å². The third-order valence-electron chi connectivity index (χ3n) is 4.91. The van der Waals surface area contributed by atoms with E-state index in [0.29, 0.717) is 23.9 Å². The van der Waals surface area contributed by atoms with Gasteiger partial charge >= 0.3 is 12.2 Å². The number of benzene rings is 1. The SMILES string of the molecule is CCN1C(=O)N(Cc2nnc(-c3cc(O)cc(C(F)(F)F)c3)s2)C2(CC2)C1=O. The number of likely N-dealkylation sites (N-methyl/N-ethyl adjacent to an activating group) is 1. The highest BCUT2D eigenvalue weighted by atomic mass is 32.1. The van der Waals surface area contributed by atoms with Crippen molar-refractivity contribution in [3.63, 3.8) is 0 Å². The largest absolute Gasteiger partial charge is 0.508 e. The topological polar surface area (TPSA) is 86.6 Å². The van der Waals surface area contributed by atoms with Crippen LogP contribution in [-0.4, -0.2) is 49.1 Å². The van der Waals surface area contributed by atoms with Gasteiger partial charge in [0, 0.05) is 12.1 Å². The van der Waals surface area contributed by atoms with Crippen LogP contribution in [0.2, 0.25) is 0 Å². The summed E-state index contributed by atoms with van der Waals surface area (Å²) in [5.74, 6) is -0.745. The molecule has 1 spiro atoms. The number of phenolic OH excluding ortho intramolecular Hbond substituents is 1. The Morgan fingerprint density at radius 1 is 1.21 bits per heavy atom. The van der Waals surface area contributed by atoms with E-state index in [0.717, 1.165) is 17.4 Å². The Labute approximate surface area is 161 Å². The van der Waals surface area contributed by atoms with Crippen molar-refractivity contribution in [3.05, 3.63) is 28.8 Å². The molecule has 4 rings (SSSR count). The van der Waals surface area contributed by atoms with Crippen molar-refractivity contribution in [2.24, 2.45) is 0 Å². The first kappa shape index (κ1) is 18.7. The van der Waals surface area contributed by atoms with E-state index in [9.17, 15) is 27.9 Å². The maximum Gasteiger partial charge on any atom is 0.416 e. The monoisotopic (exact) mass is 412 g/mol. The molecule has 0 atom stereocenters. The number of phenols is 1. The second kappa shape index (κ2) is 6.16. The van der Waals surface area contributed by atoms with E-state index in [1.54, 1.807) is 6.92 Å². The van der Waals surface area contributed by atoms with E-state index in [4.69, 9.17) is 0 Å². The van der Waals surface area contributed by atoms with Crippen molar-refractivity contribution >= 4 is 23.3 Å². The zero-order valence-electron chi connectivity index (χ0n) is 14.7. The standard InChI is InChI=1S/C17H15F3N4O3S/c1-2-23-14(26)16(3-4-16)24(15(23)27)8-12-21-22-13(28-12)9-5-10(17(18,19)20)7-11(25)6-9/h5-7,25H,2-4,8H2,1H3. The average molecular weight is 412 g/mol. The molecule has 11 heteroatoms. The highest BCUT2D eigenvalue weighted by Gasteiger charge is 2.64. The molecule has 1 aromatic heterocycles. The predicted molar refractivity (Wildman–Crippen MR) is 92.3 cm³/mol. The van der Waals surface area contributed by atoms with Crippen molar-refractivity contribution in [1.82, 2.24) is 20.0 Å². The van der Waals surface area contributed by atoms with Crippen LogP contribution in [0.5, 0.6) is 5.75 Å². The minimum absolute atomic E-state index is 0.0592. The van der Waals surface area contributed by atoms with Crippen LogP contribution in [0.1, 0.15) is 30.3 Å². The van der Waals surface area contributed by atoms with Crippen molar-refractivity contribution in [3.8, 4) is 16.3 Å². The molecular formula is C17H15F3N4O3S. The summed E-state index contributed by atoms with van der Waals surface area (Å²) in [6, 6.07) is 2.30. The molecule has 0 radical (unpaired) electrons. The molecule has 1 aliphatic heterocycles. The number of nitrogens with zero attached hydrogens (tertiary/aromatic N) is 4. The van der Waals surface area contributed by atoms with Gasteiger partial charge < -0.3 is 10.0 Å². The first-order valence-corrected chi connectivity index (χ1v) is 9.35. The summed E-state index contributed by atoms with van der Waals surface area (Å²) in [6.45, 7) is 2.06. The van der Waals surface area contributed by atoms with Gasteiger partial charge in [0.2, 0.25) is 0 Å². The molecule has 1 saturated carbocycles. The number of hydrogen-bond acceptors (Lipinski definition) is 6. The number of rotatable bonds is 4. The molecule has 0 bridgehead atoms. The highest BCUT2D eigenvalue weighted by molar-refractivity contribution is 7.14. The number of aromatic nitrogens is 2. The summed E-state index contributed by atoms with van der Waals surface area (Å²) in [5, 5.41) is 18.1. The number of hydrogen-bond donors (Lipinski definition) is 1. The number of carbonyl (C=O) groups excluding carboxylic acids is 2. The van der Waals surface area contributed by atoms with Crippen LogP contribution in [0.3, 0.4) is 0 Å². The molecule has 1 aromatic carbocycles. The third-order valence-corrected chi connectivity index (χ3v) is 5.87. The molecule has 7 nitrogen and oxygen atoms in total. The van der Waals surface area contributed by atoms with Crippen LogP contribution in [0.4, 0.5) is 18.0 Å². The van der Waals surface area contributed by atoms with Crippen LogP contribution in [0, 0.1) is 0 Å². The van der Waals surface area contributed by atoms with Crippen molar-refractivity contribution in [1.29, 1.82) is 0 Å².